The standard InChI is InChI=1S/C25H26N6O3/c1-4-11-33-22-13-20-21(28-15(22)2)14-31(25(20)32)10-9-27-24-19-12-18(23-29-16(3)34-30-23)6-5-17(19)7-8-26-24/h5-8,12-13H,4,9-11,14H2,1-3H3,(H,26,27). The van der Waals surface area contributed by atoms with Crippen molar-refractivity contribution in [2.24, 2.45) is 0 Å². The number of rotatable bonds is 8. The molecule has 1 aliphatic heterocycles. The van der Waals surface area contributed by atoms with Gasteiger partial charge in [-0.25, -0.2) is 4.98 Å². The van der Waals surface area contributed by atoms with Crippen LogP contribution in [0, 0.1) is 13.8 Å². The predicted molar refractivity (Wildman–Crippen MR) is 128 cm³/mol. The second kappa shape index (κ2) is 9.09. The van der Waals surface area contributed by atoms with Gasteiger partial charge in [0.25, 0.3) is 5.91 Å². The number of aryl methyl sites for hydroxylation is 2. The average Bonchev–Trinajstić information content (AvgIpc) is 3.40. The highest BCUT2D eigenvalue weighted by Gasteiger charge is 2.29. The van der Waals surface area contributed by atoms with E-state index >= 15 is 0 Å². The van der Waals surface area contributed by atoms with Crippen molar-refractivity contribution in [2.45, 2.75) is 33.7 Å². The molecular weight excluding hydrogens is 432 g/mol. The molecule has 34 heavy (non-hydrogen) atoms. The highest BCUT2D eigenvalue weighted by Crippen LogP contribution is 2.29. The normalized spacial score (nSPS) is 12.9. The molecule has 0 fully saturated rings. The van der Waals surface area contributed by atoms with Crippen LogP contribution in [0.15, 0.2) is 41.1 Å². The lowest BCUT2D eigenvalue weighted by atomic mass is 10.1. The first-order valence-corrected chi connectivity index (χ1v) is 11.4. The van der Waals surface area contributed by atoms with Crippen LogP contribution in [-0.2, 0) is 6.54 Å². The summed E-state index contributed by atoms with van der Waals surface area (Å²) in [5.74, 6) is 2.46. The lowest BCUT2D eigenvalue weighted by Crippen LogP contribution is -2.29. The number of amides is 1. The Morgan fingerprint density at radius 2 is 2.06 bits per heavy atom. The number of aromatic nitrogens is 4. The zero-order valence-corrected chi connectivity index (χ0v) is 19.5. The molecule has 0 radical (unpaired) electrons. The lowest BCUT2D eigenvalue weighted by Gasteiger charge is -2.16. The maximum absolute atomic E-state index is 13.0. The zero-order chi connectivity index (χ0) is 23.7. The van der Waals surface area contributed by atoms with Gasteiger partial charge >= 0.3 is 0 Å². The Hall–Kier alpha value is -4.01. The van der Waals surface area contributed by atoms with E-state index in [9.17, 15) is 4.79 Å². The number of fused-ring (bicyclic) bond motifs is 2. The molecule has 9 nitrogen and oxygen atoms in total. The van der Waals surface area contributed by atoms with Crippen molar-refractivity contribution in [1.29, 1.82) is 0 Å². The van der Waals surface area contributed by atoms with E-state index in [0.717, 1.165) is 40.0 Å². The van der Waals surface area contributed by atoms with Crippen molar-refractivity contribution in [2.75, 3.05) is 25.0 Å². The number of anilines is 1. The van der Waals surface area contributed by atoms with Crippen LogP contribution in [0.25, 0.3) is 22.2 Å². The fraction of sp³-hybridized carbons (Fsp3) is 0.320. The molecule has 0 atom stereocenters. The van der Waals surface area contributed by atoms with Crippen molar-refractivity contribution in [1.82, 2.24) is 25.0 Å². The molecule has 4 aromatic rings. The predicted octanol–water partition coefficient (Wildman–Crippen LogP) is 4.15. The molecule has 174 valence electrons. The van der Waals surface area contributed by atoms with E-state index in [1.807, 2.05) is 44.2 Å². The van der Waals surface area contributed by atoms with Crippen LogP contribution in [0.2, 0.25) is 0 Å². The van der Waals surface area contributed by atoms with Crippen LogP contribution in [0.5, 0.6) is 5.75 Å². The zero-order valence-electron chi connectivity index (χ0n) is 19.5. The Kier molecular flexibility index (Phi) is 5.83. The minimum absolute atomic E-state index is 0.0220. The third kappa shape index (κ3) is 4.16. The van der Waals surface area contributed by atoms with Crippen LogP contribution >= 0.6 is 0 Å². The monoisotopic (exact) mass is 458 g/mol. The molecule has 0 aliphatic carbocycles. The largest absolute Gasteiger partial charge is 0.492 e. The summed E-state index contributed by atoms with van der Waals surface area (Å²) in [6.07, 6.45) is 2.67. The van der Waals surface area contributed by atoms with E-state index in [0.29, 0.717) is 49.3 Å². The summed E-state index contributed by atoms with van der Waals surface area (Å²) in [4.78, 5) is 28.2. The van der Waals surface area contributed by atoms with Gasteiger partial charge in [0.05, 0.1) is 30.1 Å². The highest BCUT2D eigenvalue weighted by molar-refractivity contribution is 5.98. The summed E-state index contributed by atoms with van der Waals surface area (Å²) in [6.45, 7) is 7.91. The van der Waals surface area contributed by atoms with Gasteiger partial charge in [-0.05, 0) is 36.9 Å². The van der Waals surface area contributed by atoms with Gasteiger partial charge in [-0.15, -0.1) is 0 Å². The number of carbonyl (C=O) groups excluding carboxylic acids is 1. The molecule has 9 heteroatoms. The molecule has 3 aromatic heterocycles. The van der Waals surface area contributed by atoms with Crippen LogP contribution in [0.3, 0.4) is 0 Å². The molecule has 1 aromatic carbocycles. The summed E-state index contributed by atoms with van der Waals surface area (Å²) in [5.41, 5.74) is 3.09. The van der Waals surface area contributed by atoms with Crippen molar-refractivity contribution >= 4 is 22.5 Å². The molecule has 0 saturated carbocycles. The van der Waals surface area contributed by atoms with Gasteiger partial charge < -0.3 is 19.5 Å². The van der Waals surface area contributed by atoms with Crippen LogP contribution in [0.4, 0.5) is 5.82 Å². The molecule has 0 spiro atoms. The number of hydrogen-bond donors (Lipinski definition) is 1. The number of carbonyl (C=O) groups is 1. The molecule has 5 rings (SSSR count). The Balaban J connectivity index is 1.29. The first-order chi connectivity index (χ1) is 16.5. The molecule has 0 bridgehead atoms. The summed E-state index contributed by atoms with van der Waals surface area (Å²) in [6, 6.07) is 9.76. The van der Waals surface area contributed by atoms with Gasteiger partial charge in [0.2, 0.25) is 11.7 Å². The van der Waals surface area contributed by atoms with Gasteiger partial charge in [0.15, 0.2) is 0 Å². The fourth-order valence-electron chi connectivity index (χ4n) is 4.08. The SMILES string of the molecule is CCCOc1cc2c(nc1C)CN(CCNc1nccc3ccc(-c4noc(C)n4)cc13)C2=O. The number of benzene rings is 1. The molecule has 4 heterocycles. The van der Waals surface area contributed by atoms with E-state index in [1.54, 1.807) is 18.0 Å². The Morgan fingerprint density at radius 3 is 2.85 bits per heavy atom. The van der Waals surface area contributed by atoms with E-state index in [1.165, 1.54) is 0 Å². The number of pyridine rings is 2. The number of ether oxygens (including phenoxy) is 1. The Morgan fingerprint density at radius 1 is 1.18 bits per heavy atom. The lowest BCUT2D eigenvalue weighted by molar-refractivity contribution is 0.0784. The van der Waals surface area contributed by atoms with Crippen molar-refractivity contribution in [3.8, 4) is 17.1 Å². The quantitative estimate of drug-likeness (QED) is 0.420. The third-order valence-corrected chi connectivity index (χ3v) is 5.79. The van der Waals surface area contributed by atoms with E-state index in [4.69, 9.17) is 9.26 Å². The first kappa shape index (κ1) is 21.8. The van der Waals surface area contributed by atoms with Crippen LogP contribution in [-0.4, -0.2) is 50.6 Å². The Labute approximate surface area is 197 Å². The number of hydrogen-bond acceptors (Lipinski definition) is 8. The first-order valence-electron chi connectivity index (χ1n) is 11.4. The molecule has 1 aliphatic rings. The molecular formula is C25H26N6O3. The second-order valence-corrected chi connectivity index (χ2v) is 8.30. The smallest absolute Gasteiger partial charge is 0.256 e. The van der Waals surface area contributed by atoms with E-state index < -0.39 is 0 Å². The maximum atomic E-state index is 13.0. The van der Waals surface area contributed by atoms with Gasteiger partial charge in [-0.1, -0.05) is 24.2 Å². The van der Waals surface area contributed by atoms with Gasteiger partial charge in [0, 0.05) is 37.2 Å². The average molecular weight is 459 g/mol. The van der Waals surface area contributed by atoms with Gasteiger partial charge in [-0.2, -0.15) is 4.98 Å². The van der Waals surface area contributed by atoms with Crippen molar-refractivity contribution in [3.05, 3.63) is 59.4 Å². The molecule has 0 unspecified atom stereocenters. The maximum Gasteiger partial charge on any atom is 0.256 e. The number of nitrogens with one attached hydrogen (secondary N) is 1. The summed E-state index contributed by atoms with van der Waals surface area (Å²) in [5, 5.41) is 9.39. The van der Waals surface area contributed by atoms with Crippen LogP contribution < -0.4 is 10.1 Å². The highest BCUT2D eigenvalue weighted by atomic mass is 16.5. The minimum Gasteiger partial charge on any atom is -0.492 e. The van der Waals surface area contributed by atoms with Gasteiger partial charge in [-0.3, -0.25) is 9.78 Å². The number of nitrogens with zero attached hydrogens (tertiary/aromatic N) is 5. The molecule has 1 amide bonds. The second-order valence-electron chi connectivity index (χ2n) is 8.30. The van der Waals surface area contributed by atoms with Crippen LogP contribution in [0.1, 0.15) is 41.0 Å². The van der Waals surface area contributed by atoms with Crippen molar-refractivity contribution in [3.63, 3.8) is 0 Å². The summed E-state index contributed by atoms with van der Waals surface area (Å²) >= 11 is 0. The topological polar surface area (TPSA) is 106 Å². The minimum atomic E-state index is -0.0220. The molecule has 1 N–H and O–H groups in total. The van der Waals surface area contributed by atoms with E-state index in [-0.39, 0.29) is 5.91 Å². The third-order valence-electron chi connectivity index (χ3n) is 5.79. The Bertz CT molecular complexity index is 1370. The summed E-state index contributed by atoms with van der Waals surface area (Å²) in [7, 11) is 0. The fourth-order valence-corrected chi connectivity index (χ4v) is 4.08. The van der Waals surface area contributed by atoms with Gasteiger partial charge in [0.1, 0.15) is 11.6 Å². The summed E-state index contributed by atoms with van der Waals surface area (Å²) < 4.78 is 10.9. The van der Waals surface area contributed by atoms with Crippen molar-refractivity contribution < 1.29 is 14.1 Å². The molecule has 0 saturated heterocycles. The van der Waals surface area contributed by atoms with E-state index in [2.05, 4.69) is 25.4 Å².